The molecule has 0 fully saturated rings. The maximum absolute atomic E-state index is 13.5. The number of anilines is 2. The minimum Gasteiger partial charge on any atom is -0.397 e. The van der Waals surface area contributed by atoms with E-state index in [1.807, 2.05) is 0 Å². The van der Waals surface area contributed by atoms with Gasteiger partial charge in [0.05, 0.1) is 5.69 Å². The number of hydrogen-bond donors (Lipinski definition) is 2. The summed E-state index contributed by atoms with van der Waals surface area (Å²) in [6.45, 7) is 0. The smallest absolute Gasteiger partial charge is 0.264 e. The van der Waals surface area contributed by atoms with Gasteiger partial charge in [0.25, 0.3) is 10.0 Å². The van der Waals surface area contributed by atoms with E-state index in [1.54, 1.807) is 4.72 Å². The lowest BCUT2D eigenvalue weighted by atomic mass is 10.2. The summed E-state index contributed by atoms with van der Waals surface area (Å²) in [5.74, 6) is -5.22. The third-order valence-corrected chi connectivity index (χ3v) is 3.93. The molecule has 0 unspecified atom stereocenters. The molecule has 3 N–H and O–H groups in total. The van der Waals surface area contributed by atoms with Crippen molar-refractivity contribution in [3.8, 4) is 0 Å². The molecule has 2 aromatic rings. The Labute approximate surface area is 117 Å². The van der Waals surface area contributed by atoms with Crippen LogP contribution < -0.4 is 10.5 Å². The Morgan fingerprint density at radius 3 is 2.24 bits per heavy atom. The molecular weight excluding hydrogens is 312 g/mol. The maximum atomic E-state index is 13.5. The minimum atomic E-state index is -4.60. The SMILES string of the molecule is Nc1ccc(F)c(F)c1NS(=O)(=O)c1ccc(F)cc1F. The third-order valence-electron chi connectivity index (χ3n) is 2.55. The van der Waals surface area contributed by atoms with Crippen LogP contribution in [0, 0.1) is 23.3 Å². The lowest BCUT2D eigenvalue weighted by molar-refractivity contribution is 0.512. The lowest BCUT2D eigenvalue weighted by Crippen LogP contribution is -2.17. The molecule has 2 rings (SSSR count). The van der Waals surface area contributed by atoms with E-state index in [0.717, 1.165) is 6.07 Å². The molecule has 0 aromatic heterocycles. The average Bonchev–Trinajstić information content (AvgIpc) is 2.39. The first-order chi connectivity index (χ1) is 9.72. The van der Waals surface area contributed by atoms with E-state index in [2.05, 4.69) is 0 Å². The predicted molar refractivity (Wildman–Crippen MR) is 67.9 cm³/mol. The zero-order chi connectivity index (χ0) is 15.8. The Morgan fingerprint density at radius 2 is 1.62 bits per heavy atom. The zero-order valence-corrected chi connectivity index (χ0v) is 11.0. The maximum Gasteiger partial charge on any atom is 0.264 e. The van der Waals surface area contributed by atoms with Gasteiger partial charge in [-0.2, -0.15) is 0 Å². The predicted octanol–water partition coefficient (Wildman–Crippen LogP) is 2.63. The molecule has 0 heterocycles. The van der Waals surface area contributed by atoms with Crippen molar-refractivity contribution >= 4 is 21.4 Å². The number of nitrogens with two attached hydrogens (primary N) is 1. The van der Waals surface area contributed by atoms with Gasteiger partial charge in [0.15, 0.2) is 11.6 Å². The molecule has 4 nitrogen and oxygen atoms in total. The fourth-order valence-electron chi connectivity index (χ4n) is 1.55. The van der Waals surface area contributed by atoms with Crippen molar-refractivity contribution in [2.45, 2.75) is 4.90 Å². The molecule has 0 aliphatic rings. The molecule has 0 spiro atoms. The fourth-order valence-corrected chi connectivity index (χ4v) is 2.70. The van der Waals surface area contributed by atoms with Gasteiger partial charge in [-0.25, -0.2) is 26.0 Å². The van der Waals surface area contributed by atoms with Crippen LogP contribution in [-0.4, -0.2) is 8.42 Å². The molecule has 2 aromatic carbocycles. The third kappa shape index (κ3) is 2.92. The second-order valence-corrected chi connectivity index (χ2v) is 5.66. The van der Waals surface area contributed by atoms with Crippen LogP contribution in [0.5, 0.6) is 0 Å². The van der Waals surface area contributed by atoms with Crippen LogP contribution >= 0.6 is 0 Å². The molecule has 0 amide bonds. The summed E-state index contributed by atoms with van der Waals surface area (Å²) in [7, 11) is -4.60. The van der Waals surface area contributed by atoms with Crippen molar-refractivity contribution in [2.75, 3.05) is 10.5 Å². The molecular formula is C12H8F4N2O2S. The molecule has 21 heavy (non-hydrogen) atoms. The molecule has 9 heteroatoms. The number of halogens is 4. The Bertz CT molecular complexity index is 809. The van der Waals surface area contributed by atoms with E-state index >= 15 is 0 Å². The highest BCUT2D eigenvalue weighted by Crippen LogP contribution is 2.28. The van der Waals surface area contributed by atoms with E-state index in [0.29, 0.717) is 24.3 Å². The van der Waals surface area contributed by atoms with Gasteiger partial charge >= 0.3 is 0 Å². The lowest BCUT2D eigenvalue weighted by Gasteiger charge is -2.12. The Morgan fingerprint density at radius 1 is 0.952 bits per heavy atom. The topological polar surface area (TPSA) is 72.2 Å². The van der Waals surface area contributed by atoms with Crippen molar-refractivity contribution in [1.82, 2.24) is 0 Å². The van der Waals surface area contributed by atoms with Crippen LogP contribution in [0.2, 0.25) is 0 Å². The number of benzene rings is 2. The molecule has 0 atom stereocenters. The van der Waals surface area contributed by atoms with Crippen molar-refractivity contribution in [3.05, 3.63) is 53.6 Å². The van der Waals surface area contributed by atoms with Crippen molar-refractivity contribution in [3.63, 3.8) is 0 Å². The summed E-state index contributed by atoms with van der Waals surface area (Å²) in [5, 5.41) is 0. The number of nitrogens with one attached hydrogen (secondary N) is 1. The van der Waals surface area contributed by atoms with Gasteiger partial charge in [-0.1, -0.05) is 0 Å². The van der Waals surface area contributed by atoms with Gasteiger partial charge in [-0.15, -0.1) is 0 Å². The second-order valence-electron chi connectivity index (χ2n) is 4.01. The molecule has 0 bridgehead atoms. The van der Waals surface area contributed by atoms with Gasteiger partial charge in [0, 0.05) is 6.07 Å². The highest BCUT2D eigenvalue weighted by molar-refractivity contribution is 7.92. The highest BCUT2D eigenvalue weighted by Gasteiger charge is 2.23. The summed E-state index contributed by atoms with van der Waals surface area (Å²) in [4.78, 5) is -0.924. The summed E-state index contributed by atoms with van der Waals surface area (Å²) in [6.07, 6.45) is 0. The van der Waals surface area contributed by atoms with Crippen LogP contribution in [0.25, 0.3) is 0 Å². The van der Waals surface area contributed by atoms with Crippen molar-refractivity contribution in [1.29, 1.82) is 0 Å². The van der Waals surface area contributed by atoms with Crippen LogP contribution in [0.15, 0.2) is 35.2 Å². The van der Waals surface area contributed by atoms with E-state index in [9.17, 15) is 26.0 Å². The number of sulfonamides is 1. The van der Waals surface area contributed by atoms with Gasteiger partial charge in [-0.3, -0.25) is 4.72 Å². The standard InChI is InChI=1S/C12H8F4N2O2S/c13-6-1-4-10(8(15)5-6)21(19,20)18-12-9(17)3-2-7(14)11(12)16/h1-5,18H,17H2. The fraction of sp³-hybridized carbons (Fsp3) is 0. The second kappa shape index (κ2) is 5.24. The van der Waals surface area contributed by atoms with E-state index < -0.39 is 43.9 Å². The normalized spacial score (nSPS) is 11.4. The molecule has 0 aliphatic carbocycles. The van der Waals surface area contributed by atoms with Crippen LogP contribution in [0.1, 0.15) is 0 Å². The van der Waals surface area contributed by atoms with E-state index in [1.165, 1.54) is 0 Å². The Hall–Kier alpha value is -2.29. The Kier molecular flexibility index (Phi) is 3.77. The highest BCUT2D eigenvalue weighted by atomic mass is 32.2. The van der Waals surface area contributed by atoms with Gasteiger partial charge in [-0.05, 0) is 24.3 Å². The van der Waals surface area contributed by atoms with Crippen LogP contribution in [0.4, 0.5) is 28.9 Å². The monoisotopic (exact) mass is 320 g/mol. The number of hydrogen-bond acceptors (Lipinski definition) is 3. The summed E-state index contributed by atoms with van der Waals surface area (Å²) in [5.41, 5.74) is 4.11. The molecule has 0 saturated heterocycles. The summed E-state index contributed by atoms with van der Waals surface area (Å²) >= 11 is 0. The Balaban J connectivity index is 2.50. The average molecular weight is 320 g/mol. The number of nitrogen functional groups attached to an aromatic ring is 1. The van der Waals surface area contributed by atoms with Crippen molar-refractivity contribution < 1.29 is 26.0 Å². The zero-order valence-electron chi connectivity index (χ0n) is 10.2. The van der Waals surface area contributed by atoms with E-state index in [4.69, 9.17) is 5.73 Å². The summed E-state index contributed by atoms with van der Waals surface area (Å²) < 4.78 is 78.4. The summed E-state index contributed by atoms with van der Waals surface area (Å²) in [6, 6.07) is 3.36. The quantitative estimate of drug-likeness (QED) is 0.674. The van der Waals surface area contributed by atoms with Gasteiger partial charge < -0.3 is 5.73 Å². The first-order valence-electron chi connectivity index (χ1n) is 5.43. The first kappa shape index (κ1) is 15.1. The van der Waals surface area contributed by atoms with Crippen LogP contribution in [-0.2, 0) is 10.0 Å². The molecule has 0 saturated carbocycles. The molecule has 0 aliphatic heterocycles. The van der Waals surface area contributed by atoms with Gasteiger partial charge in [0.1, 0.15) is 22.2 Å². The minimum absolute atomic E-state index is 0.347. The first-order valence-corrected chi connectivity index (χ1v) is 6.92. The number of rotatable bonds is 3. The molecule has 0 radical (unpaired) electrons. The van der Waals surface area contributed by atoms with E-state index in [-0.39, 0.29) is 5.69 Å². The largest absolute Gasteiger partial charge is 0.397 e. The molecule has 112 valence electrons. The van der Waals surface area contributed by atoms with Crippen molar-refractivity contribution in [2.24, 2.45) is 0 Å². The van der Waals surface area contributed by atoms with Gasteiger partial charge in [0.2, 0.25) is 0 Å². The van der Waals surface area contributed by atoms with Crippen LogP contribution in [0.3, 0.4) is 0 Å².